The molecule has 0 saturated carbocycles. The number of nitrogens with one attached hydrogen (secondary N) is 1. The van der Waals surface area contributed by atoms with Crippen molar-refractivity contribution < 1.29 is 24.9 Å². The highest BCUT2D eigenvalue weighted by Gasteiger charge is 2.23. The summed E-state index contributed by atoms with van der Waals surface area (Å²) in [5.74, 6) is -1.69. The molecule has 0 amide bonds. The average Bonchev–Trinajstić information content (AvgIpc) is 2.41. The Bertz CT molecular complexity index is 471. The lowest BCUT2D eigenvalue weighted by atomic mass is 10.1. The number of rotatable bonds is 5. The number of hydrogen-bond acceptors (Lipinski definition) is 5. The SMILES string of the molecule is CNC(C)(C)C(=O)O.N[C@H](Cc1ccc(O)cc1)C(=O)O. The van der Waals surface area contributed by atoms with E-state index in [4.69, 9.17) is 21.1 Å². The molecule has 1 atom stereocenters. The van der Waals surface area contributed by atoms with Crippen molar-refractivity contribution >= 4 is 11.9 Å². The van der Waals surface area contributed by atoms with Gasteiger partial charge in [-0.25, -0.2) is 0 Å². The molecular weight excluding hydrogens is 276 g/mol. The molecule has 0 aromatic heterocycles. The van der Waals surface area contributed by atoms with Crippen molar-refractivity contribution in [2.24, 2.45) is 5.73 Å². The minimum atomic E-state index is -1.02. The van der Waals surface area contributed by atoms with Crippen molar-refractivity contribution in [2.75, 3.05) is 7.05 Å². The molecule has 21 heavy (non-hydrogen) atoms. The van der Waals surface area contributed by atoms with Gasteiger partial charge in [0.05, 0.1) is 0 Å². The van der Waals surface area contributed by atoms with Gasteiger partial charge in [-0.1, -0.05) is 12.1 Å². The van der Waals surface area contributed by atoms with E-state index in [0.717, 1.165) is 5.56 Å². The van der Waals surface area contributed by atoms with Gasteiger partial charge < -0.3 is 26.4 Å². The lowest BCUT2D eigenvalue weighted by molar-refractivity contribution is -0.143. The molecule has 0 aliphatic rings. The first-order valence-electron chi connectivity index (χ1n) is 6.28. The van der Waals surface area contributed by atoms with Gasteiger partial charge in [0.1, 0.15) is 17.3 Å². The highest BCUT2D eigenvalue weighted by molar-refractivity contribution is 5.77. The summed E-state index contributed by atoms with van der Waals surface area (Å²) >= 11 is 0. The van der Waals surface area contributed by atoms with Crippen molar-refractivity contribution in [3.63, 3.8) is 0 Å². The van der Waals surface area contributed by atoms with Gasteiger partial charge in [-0.15, -0.1) is 0 Å². The number of carboxylic acid groups (broad SMARTS) is 2. The average molecular weight is 298 g/mol. The van der Waals surface area contributed by atoms with Crippen LogP contribution in [0.4, 0.5) is 0 Å². The maximum absolute atomic E-state index is 10.4. The van der Waals surface area contributed by atoms with Crippen LogP contribution in [0.3, 0.4) is 0 Å². The molecular formula is C14H22N2O5. The maximum atomic E-state index is 10.4. The van der Waals surface area contributed by atoms with E-state index in [1.807, 2.05) is 0 Å². The van der Waals surface area contributed by atoms with E-state index in [-0.39, 0.29) is 12.2 Å². The molecule has 0 heterocycles. The number of phenols is 1. The normalized spacial score (nSPS) is 12.0. The van der Waals surface area contributed by atoms with Gasteiger partial charge >= 0.3 is 11.9 Å². The summed E-state index contributed by atoms with van der Waals surface area (Å²) in [7, 11) is 1.62. The molecule has 0 fully saturated rings. The predicted molar refractivity (Wildman–Crippen MR) is 78.2 cm³/mol. The Hall–Kier alpha value is -2.12. The van der Waals surface area contributed by atoms with Crippen molar-refractivity contribution in [2.45, 2.75) is 31.8 Å². The Labute approximate surface area is 123 Å². The number of aromatic hydroxyl groups is 1. The fraction of sp³-hybridized carbons (Fsp3) is 0.429. The van der Waals surface area contributed by atoms with Crippen LogP contribution in [0.5, 0.6) is 5.75 Å². The smallest absolute Gasteiger partial charge is 0.323 e. The molecule has 0 unspecified atom stereocenters. The molecule has 0 radical (unpaired) electrons. The molecule has 1 aromatic rings. The third-order valence-electron chi connectivity index (χ3n) is 2.87. The van der Waals surface area contributed by atoms with E-state index >= 15 is 0 Å². The Kier molecular flexibility index (Phi) is 7.40. The zero-order chi connectivity index (χ0) is 16.6. The second-order valence-corrected chi connectivity index (χ2v) is 5.00. The third-order valence-corrected chi connectivity index (χ3v) is 2.87. The van der Waals surface area contributed by atoms with Crippen LogP contribution in [-0.4, -0.2) is 45.9 Å². The first-order chi connectivity index (χ1) is 9.60. The first-order valence-corrected chi connectivity index (χ1v) is 6.28. The Balaban J connectivity index is 0.000000433. The summed E-state index contributed by atoms with van der Waals surface area (Å²) < 4.78 is 0. The van der Waals surface area contributed by atoms with Gasteiger partial charge in [0.25, 0.3) is 0 Å². The van der Waals surface area contributed by atoms with Gasteiger partial charge in [-0.2, -0.15) is 0 Å². The number of carboxylic acids is 2. The zero-order valence-electron chi connectivity index (χ0n) is 12.3. The number of hydrogen-bond donors (Lipinski definition) is 5. The Morgan fingerprint density at radius 2 is 1.71 bits per heavy atom. The van der Waals surface area contributed by atoms with Gasteiger partial charge in [-0.3, -0.25) is 9.59 Å². The highest BCUT2D eigenvalue weighted by atomic mass is 16.4. The lowest BCUT2D eigenvalue weighted by Gasteiger charge is -2.16. The molecule has 7 nitrogen and oxygen atoms in total. The van der Waals surface area contributed by atoms with Crippen molar-refractivity contribution in [1.82, 2.24) is 5.32 Å². The van der Waals surface area contributed by atoms with E-state index in [2.05, 4.69) is 5.32 Å². The summed E-state index contributed by atoms with van der Waals surface area (Å²) in [6, 6.07) is 5.42. The molecule has 0 aliphatic heterocycles. The summed E-state index contributed by atoms with van der Waals surface area (Å²) in [5.41, 5.74) is 5.33. The molecule has 7 heteroatoms. The Morgan fingerprint density at radius 1 is 1.24 bits per heavy atom. The summed E-state index contributed by atoms with van der Waals surface area (Å²) in [5, 5.41) is 28.5. The molecule has 118 valence electrons. The number of carbonyl (C=O) groups is 2. The second-order valence-electron chi connectivity index (χ2n) is 5.00. The van der Waals surface area contributed by atoms with Crippen LogP contribution in [0, 0.1) is 0 Å². The zero-order valence-corrected chi connectivity index (χ0v) is 12.3. The van der Waals surface area contributed by atoms with E-state index < -0.39 is 23.5 Å². The fourth-order valence-corrected chi connectivity index (χ4v) is 1.08. The van der Waals surface area contributed by atoms with Gasteiger partial charge in [0.2, 0.25) is 0 Å². The van der Waals surface area contributed by atoms with Gasteiger partial charge in [0, 0.05) is 0 Å². The number of phenolic OH excluding ortho intramolecular Hbond substituents is 1. The van der Waals surface area contributed by atoms with Crippen LogP contribution in [0.1, 0.15) is 19.4 Å². The predicted octanol–water partition coefficient (Wildman–Crippen LogP) is 0.416. The number of benzene rings is 1. The van der Waals surface area contributed by atoms with Crippen LogP contribution in [0.15, 0.2) is 24.3 Å². The third kappa shape index (κ3) is 7.28. The van der Waals surface area contributed by atoms with Crippen molar-refractivity contribution in [3.8, 4) is 5.75 Å². The summed E-state index contributed by atoms with van der Waals surface area (Å²) in [4.78, 5) is 20.6. The van der Waals surface area contributed by atoms with E-state index in [1.165, 1.54) is 12.1 Å². The molecule has 0 bridgehead atoms. The number of aliphatic carboxylic acids is 2. The van der Waals surface area contributed by atoms with E-state index in [9.17, 15) is 9.59 Å². The molecule has 1 aromatic carbocycles. The monoisotopic (exact) mass is 298 g/mol. The largest absolute Gasteiger partial charge is 0.508 e. The standard InChI is InChI=1S/C9H11NO3.C5H11NO2/c10-8(9(12)13)5-6-1-3-7(11)4-2-6;1-5(2,6-3)4(7)8/h1-4,8,11H,5,10H2,(H,12,13);6H,1-3H3,(H,7,8)/t8-;/m1./s1. The van der Waals surface area contributed by atoms with Crippen LogP contribution < -0.4 is 11.1 Å². The number of nitrogens with two attached hydrogens (primary N) is 1. The highest BCUT2D eigenvalue weighted by Crippen LogP contribution is 2.10. The minimum Gasteiger partial charge on any atom is -0.508 e. The second kappa shape index (κ2) is 8.23. The van der Waals surface area contributed by atoms with Crippen molar-refractivity contribution in [1.29, 1.82) is 0 Å². The fourth-order valence-electron chi connectivity index (χ4n) is 1.08. The summed E-state index contributed by atoms with van der Waals surface area (Å²) in [6.07, 6.45) is 0.273. The molecule has 6 N–H and O–H groups in total. The quantitative estimate of drug-likeness (QED) is 0.532. The van der Waals surface area contributed by atoms with Crippen molar-refractivity contribution in [3.05, 3.63) is 29.8 Å². The van der Waals surface area contributed by atoms with Crippen LogP contribution in [0.2, 0.25) is 0 Å². The maximum Gasteiger partial charge on any atom is 0.323 e. The minimum absolute atomic E-state index is 0.160. The molecule has 0 aliphatic carbocycles. The molecule has 1 rings (SSSR count). The molecule has 0 saturated heterocycles. The topological polar surface area (TPSA) is 133 Å². The van der Waals surface area contributed by atoms with Crippen LogP contribution in [0.25, 0.3) is 0 Å². The molecule has 0 spiro atoms. The van der Waals surface area contributed by atoms with Gasteiger partial charge in [0.15, 0.2) is 0 Å². The Morgan fingerprint density at radius 3 is 2.00 bits per heavy atom. The number of likely N-dealkylation sites (N-methyl/N-ethyl adjacent to an activating group) is 1. The van der Waals surface area contributed by atoms with Crippen LogP contribution >= 0.6 is 0 Å². The van der Waals surface area contributed by atoms with Crippen LogP contribution in [-0.2, 0) is 16.0 Å². The lowest BCUT2D eigenvalue weighted by Crippen LogP contribution is -2.44. The van der Waals surface area contributed by atoms with Gasteiger partial charge in [-0.05, 0) is 45.0 Å². The van der Waals surface area contributed by atoms with E-state index in [0.29, 0.717) is 0 Å². The first kappa shape index (κ1) is 18.9. The summed E-state index contributed by atoms with van der Waals surface area (Å²) in [6.45, 7) is 3.21. The van der Waals surface area contributed by atoms with E-state index in [1.54, 1.807) is 33.0 Å².